The van der Waals surface area contributed by atoms with Crippen LogP contribution in [0.5, 0.6) is 5.88 Å². The molecule has 3 nitrogen and oxygen atoms in total. The summed E-state index contributed by atoms with van der Waals surface area (Å²) in [5, 5.41) is 9.66. The molecule has 76 valence electrons. The second-order valence-corrected chi connectivity index (χ2v) is 3.90. The molecule has 1 heterocycles. The summed E-state index contributed by atoms with van der Waals surface area (Å²) in [6, 6.07) is 5.72. The van der Waals surface area contributed by atoms with Crippen LogP contribution in [0, 0.1) is 0 Å². The number of aliphatic hydroxyl groups is 1. The molecule has 1 fully saturated rings. The van der Waals surface area contributed by atoms with Gasteiger partial charge in [-0.1, -0.05) is 6.07 Å². The van der Waals surface area contributed by atoms with Crippen LogP contribution >= 0.6 is 0 Å². The van der Waals surface area contributed by atoms with E-state index in [-0.39, 0.29) is 5.60 Å². The lowest BCUT2D eigenvalue weighted by molar-refractivity contribution is 0.140. The fourth-order valence-electron chi connectivity index (χ4n) is 1.47. The van der Waals surface area contributed by atoms with Gasteiger partial charge in [0.15, 0.2) is 0 Å². The third-order valence-corrected chi connectivity index (χ3v) is 2.66. The summed E-state index contributed by atoms with van der Waals surface area (Å²) in [7, 11) is 1.61. The Morgan fingerprint density at radius 3 is 2.93 bits per heavy atom. The van der Waals surface area contributed by atoms with Crippen molar-refractivity contribution < 1.29 is 9.84 Å². The lowest BCUT2D eigenvalue weighted by Crippen LogP contribution is -2.08. The van der Waals surface area contributed by atoms with E-state index in [1.807, 2.05) is 18.2 Å². The Bertz CT molecular complexity index is 321. The molecule has 0 spiro atoms. The van der Waals surface area contributed by atoms with Gasteiger partial charge in [-0.3, -0.25) is 0 Å². The first-order chi connectivity index (χ1) is 6.72. The molecule has 14 heavy (non-hydrogen) atoms. The predicted octanol–water partition coefficient (Wildman–Crippen LogP) is 1.55. The summed E-state index contributed by atoms with van der Waals surface area (Å²) in [6.07, 6.45) is 3.52. The molecule has 2 rings (SSSR count). The van der Waals surface area contributed by atoms with Crippen molar-refractivity contribution in [2.75, 3.05) is 7.11 Å². The van der Waals surface area contributed by atoms with Crippen molar-refractivity contribution in [1.82, 2.24) is 4.98 Å². The van der Waals surface area contributed by atoms with E-state index in [2.05, 4.69) is 4.98 Å². The van der Waals surface area contributed by atoms with Crippen molar-refractivity contribution in [2.45, 2.75) is 31.3 Å². The minimum Gasteiger partial charge on any atom is -0.481 e. The van der Waals surface area contributed by atoms with Crippen LogP contribution in [0.4, 0.5) is 0 Å². The normalized spacial score (nSPS) is 17.9. The van der Waals surface area contributed by atoms with E-state index in [1.54, 1.807) is 7.11 Å². The highest BCUT2D eigenvalue weighted by Gasteiger charge is 2.39. The summed E-state index contributed by atoms with van der Waals surface area (Å²) >= 11 is 0. The Balaban J connectivity index is 1.94. The zero-order chi connectivity index (χ0) is 10.0. The number of nitrogens with zero attached hydrogens (tertiary/aromatic N) is 1. The Kier molecular flexibility index (Phi) is 2.42. The molecule has 1 N–H and O–H groups in total. The van der Waals surface area contributed by atoms with Crippen molar-refractivity contribution in [2.24, 2.45) is 0 Å². The van der Waals surface area contributed by atoms with E-state index >= 15 is 0 Å². The number of hydrogen-bond acceptors (Lipinski definition) is 3. The van der Waals surface area contributed by atoms with E-state index in [1.165, 1.54) is 0 Å². The topological polar surface area (TPSA) is 42.4 Å². The van der Waals surface area contributed by atoms with Gasteiger partial charge in [0, 0.05) is 11.8 Å². The Hall–Kier alpha value is -1.09. The summed E-state index contributed by atoms with van der Waals surface area (Å²) in [5.74, 6) is 0.644. The maximum atomic E-state index is 9.66. The van der Waals surface area contributed by atoms with E-state index in [0.717, 1.165) is 31.4 Å². The van der Waals surface area contributed by atoms with Gasteiger partial charge in [-0.25, -0.2) is 4.98 Å². The Morgan fingerprint density at radius 2 is 2.29 bits per heavy atom. The van der Waals surface area contributed by atoms with E-state index < -0.39 is 0 Å². The molecule has 1 aromatic heterocycles. The molecular weight excluding hydrogens is 178 g/mol. The highest BCUT2D eigenvalue weighted by Crippen LogP contribution is 2.39. The molecule has 0 amide bonds. The quantitative estimate of drug-likeness (QED) is 0.788. The first-order valence-corrected chi connectivity index (χ1v) is 4.94. The Labute approximate surface area is 83.7 Å². The van der Waals surface area contributed by atoms with Crippen LogP contribution in [-0.4, -0.2) is 22.8 Å². The van der Waals surface area contributed by atoms with E-state index in [9.17, 15) is 5.11 Å². The highest BCUT2D eigenvalue weighted by molar-refractivity contribution is 5.16. The SMILES string of the molecule is COc1cccc(CCC2(O)CC2)n1. The number of rotatable bonds is 4. The van der Waals surface area contributed by atoms with Gasteiger partial charge in [0.2, 0.25) is 5.88 Å². The minimum absolute atomic E-state index is 0.384. The van der Waals surface area contributed by atoms with Crippen molar-refractivity contribution in [3.05, 3.63) is 23.9 Å². The zero-order valence-electron chi connectivity index (χ0n) is 8.36. The van der Waals surface area contributed by atoms with Gasteiger partial charge in [0.25, 0.3) is 0 Å². The van der Waals surface area contributed by atoms with Gasteiger partial charge in [-0.2, -0.15) is 0 Å². The molecule has 0 radical (unpaired) electrons. The van der Waals surface area contributed by atoms with Gasteiger partial charge < -0.3 is 9.84 Å². The molecule has 0 atom stereocenters. The predicted molar refractivity (Wildman–Crippen MR) is 53.3 cm³/mol. The lowest BCUT2D eigenvalue weighted by Gasteiger charge is -2.07. The maximum absolute atomic E-state index is 9.66. The van der Waals surface area contributed by atoms with Crippen molar-refractivity contribution in [3.63, 3.8) is 0 Å². The van der Waals surface area contributed by atoms with E-state index in [0.29, 0.717) is 5.88 Å². The van der Waals surface area contributed by atoms with Crippen molar-refractivity contribution >= 4 is 0 Å². The molecule has 0 unspecified atom stereocenters. The molecule has 0 saturated heterocycles. The van der Waals surface area contributed by atoms with Crippen molar-refractivity contribution in [1.29, 1.82) is 0 Å². The van der Waals surface area contributed by atoms with Crippen LogP contribution in [0.15, 0.2) is 18.2 Å². The standard InChI is InChI=1S/C11H15NO2/c1-14-10-4-2-3-9(12-10)5-6-11(13)7-8-11/h2-4,13H,5-8H2,1H3. The van der Waals surface area contributed by atoms with Gasteiger partial charge in [0.1, 0.15) is 0 Å². The summed E-state index contributed by atoms with van der Waals surface area (Å²) < 4.78 is 5.03. The number of ether oxygens (including phenoxy) is 1. The molecule has 0 bridgehead atoms. The average molecular weight is 193 g/mol. The van der Waals surface area contributed by atoms with Gasteiger partial charge in [-0.15, -0.1) is 0 Å². The number of aromatic nitrogens is 1. The molecule has 1 aromatic rings. The molecule has 1 aliphatic rings. The fraction of sp³-hybridized carbons (Fsp3) is 0.545. The molecular formula is C11H15NO2. The number of pyridine rings is 1. The number of hydrogen-bond donors (Lipinski definition) is 1. The zero-order valence-corrected chi connectivity index (χ0v) is 8.36. The van der Waals surface area contributed by atoms with Crippen molar-refractivity contribution in [3.8, 4) is 5.88 Å². The minimum atomic E-state index is -0.384. The second-order valence-electron chi connectivity index (χ2n) is 3.90. The lowest BCUT2D eigenvalue weighted by atomic mass is 10.1. The molecule has 1 aliphatic carbocycles. The average Bonchev–Trinajstić information content (AvgIpc) is 2.95. The number of methoxy groups -OCH3 is 1. The summed E-state index contributed by atoms with van der Waals surface area (Å²) in [6.45, 7) is 0. The number of aryl methyl sites for hydroxylation is 1. The van der Waals surface area contributed by atoms with Gasteiger partial charge >= 0.3 is 0 Å². The first-order valence-electron chi connectivity index (χ1n) is 4.94. The van der Waals surface area contributed by atoms with Crippen LogP contribution in [0.2, 0.25) is 0 Å². The van der Waals surface area contributed by atoms with Crippen LogP contribution in [0.25, 0.3) is 0 Å². The Morgan fingerprint density at radius 1 is 1.50 bits per heavy atom. The molecule has 0 aromatic carbocycles. The fourth-order valence-corrected chi connectivity index (χ4v) is 1.47. The van der Waals surface area contributed by atoms with Crippen LogP contribution in [-0.2, 0) is 6.42 Å². The van der Waals surface area contributed by atoms with Gasteiger partial charge in [-0.05, 0) is 31.7 Å². The highest BCUT2D eigenvalue weighted by atomic mass is 16.5. The summed E-state index contributed by atoms with van der Waals surface area (Å²) in [5.41, 5.74) is 0.606. The van der Waals surface area contributed by atoms with Crippen LogP contribution in [0.1, 0.15) is 25.0 Å². The van der Waals surface area contributed by atoms with Crippen LogP contribution < -0.4 is 4.74 Å². The van der Waals surface area contributed by atoms with Crippen LogP contribution in [0.3, 0.4) is 0 Å². The first kappa shape index (κ1) is 9.46. The molecule has 3 heteroatoms. The smallest absolute Gasteiger partial charge is 0.213 e. The largest absolute Gasteiger partial charge is 0.481 e. The summed E-state index contributed by atoms with van der Waals surface area (Å²) in [4.78, 5) is 4.29. The van der Waals surface area contributed by atoms with Gasteiger partial charge in [0.05, 0.1) is 12.7 Å². The third-order valence-electron chi connectivity index (χ3n) is 2.66. The maximum Gasteiger partial charge on any atom is 0.213 e. The monoisotopic (exact) mass is 193 g/mol. The third kappa shape index (κ3) is 2.23. The molecule has 0 aliphatic heterocycles. The van der Waals surface area contributed by atoms with E-state index in [4.69, 9.17) is 4.74 Å². The molecule has 1 saturated carbocycles. The second kappa shape index (κ2) is 3.58.